The number of nitrogens with one attached hydrogen (secondary N) is 2. The summed E-state index contributed by atoms with van der Waals surface area (Å²) in [5.41, 5.74) is 4.79. The molecule has 0 atom stereocenters. The van der Waals surface area contributed by atoms with Crippen molar-refractivity contribution < 1.29 is 4.79 Å². The van der Waals surface area contributed by atoms with Crippen LogP contribution in [0.5, 0.6) is 0 Å². The van der Waals surface area contributed by atoms with Crippen molar-refractivity contribution in [2.45, 2.75) is 6.54 Å². The first-order valence-electron chi connectivity index (χ1n) is 10.1. The Bertz CT molecular complexity index is 1010. The molecule has 3 aromatic rings. The molecular weight excluding hydrogens is 376 g/mol. The van der Waals surface area contributed by atoms with Crippen LogP contribution in [0.1, 0.15) is 11.1 Å². The average molecular weight is 403 g/mol. The van der Waals surface area contributed by atoms with E-state index in [-0.39, 0.29) is 5.91 Å². The molecule has 1 aliphatic rings. The third-order valence-corrected chi connectivity index (χ3v) is 5.27. The largest absolute Gasteiger partial charge is 0.323 e. The Morgan fingerprint density at radius 1 is 1.20 bits per heavy atom. The highest BCUT2D eigenvalue weighted by Crippen LogP contribution is 2.22. The summed E-state index contributed by atoms with van der Waals surface area (Å²) in [6.45, 7) is 5.23. The molecule has 154 valence electrons. The second-order valence-electron chi connectivity index (χ2n) is 7.55. The highest BCUT2D eigenvalue weighted by atomic mass is 16.1. The third-order valence-electron chi connectivity index (χ3n) is 5.27. The number of aromatic nitrogens is 3. The van der Waals surface area contributed by atoms with Gasteiger partial charge in [0.15, 0.2) is 0 Å². The van der Waals surface area contributed by atoms with Gasteiger partial charge in [-0.15, -0.1) is 0 Å². The summed E-state index contributed by atoms with van der Waals surface area (Å²) < 4.78 is 0. The number of H-pyrrole nitrogens is 1. The van der Waals surface area contributed by atoms with Gasteiger partial charge in [-0.25, -0.2) is 0 Å². The van der Waals surface area contributed by atoms with Gasteiger partial charge in [-0.3, -0.25) is 19.8 Å². The molecule has 2 aromatic heterocycles. The van der Waals surface area contributed by atoms with E-state index in [2.05, 4.69) is 43.4 Å². The molecule has 0 saturated carbocycles. The first-order valence-corrected chi connectivity index (χ1v) is 10.1. The third kappa shape index (κ3) is 5.20. The van der Waals surface area contributed by atoms with Crippen LogP contribution in [0.15, 0.2) is 61.2 Å². The van der Waals surface area contributed by atoms with Gasteiger partial charge < -0.3 is 10.2 Å². The van der Waals surface area contributed by atoms with E-state index in [4.69, 9.17) is 0 Å². The van der Waals surface area contributed by atoms with Crippen LogP contribution >= 0.6 is 0 Å². The summed E-state index contributed by atoms with van der Waals surface area (Å²) in [6.07, 6.45) is 10.3. The van der Waals surface area contributed by atoms with Gasteiger partial charge in [-0.05, 0) is 42.4 Å². The second-order valence-corrected chi connectivity index (χ2v) is 7.55. The van der Waals surface area contributed by atoms with E-state index in [0.717, 1.165) is 55.1 Å². The molecule has 0 spiro atoms. The van der Waals surface area contributed by atoms with Crippen molar-refractivity contribution in [1.29, 1.82) is 0 Å². The maximum absolute atomic E-state index is 12.5. The first kappa shape index (κ1) is 20.0. The van der Waals surface area contributed by atoms with E-state index < -0.39 is 0 Å². The topological polar surface area (TPSA) is 77.2 Å². The maximum atomic E-state index is 12.5. The highest BCUT2D eigenvalue weighted by Gasteiger charge is 2.14. The number of hydrogen-bond donors (Lipinski definition) is 2. The molecule has 1 saturated heterocycles. The van der Waals surface area contributed by atoms with E-state index in [0.29, 0.717) is 0 Å². The second kappa shape index (κ2) is 9.47. The van der Waals surface area contributed by atoms with Gasteiger partial charge in [-0.1, -0.05) is 12.1 Å². The Morgan fingerprint density at radius 3 is 2.87 bits per heavy atom. The number of piperazine rings is 1. The Labute approximate surface area is 176 Å². The molecule has 3 heterocycles. The van der Waals surface area contributed by atoms with Crippen molar-refractivity contribution in [1.82, 2.24) is 25.0 Å². The zero-order valence-electron chi connectivity index (χ0n) is 17.1. The van der Waals surface area contributed by atoms with E-state index >= 15 is 0 Å². The van der Waals surface area contributed by atoms with Crippen molar-refractivity contribution in [3.63, 3.8) is 0 Å². The fourth-order valence-corrected chi connectivity index (χ4v) is 3.56. The van der Waals surface area contributed by atoms with Crippen molar-refractivity contribution in [2.75, 3.05) is 38.5 Å². The predicted molar refractivity (Wildman–Crippen MR) is 119 cm³/mol. The molecule has 0 radical (unpaired) electrons. The van der Waals surface area contributed by atoms with Gasteiger partial charge in [0.1, 0.15) is 0 Å². The number of amides is 1. The molecule has 4 rings (SSSR count). The maximum Gasteiger partial charge on any atom is 0.248 e. The van der Waals surface area contributed by atoms with Crippen molar-refractivity contribution >= 4 is 17.7 Å². The average Bonchev–Trinajstić information content (AvgIpc) is 3.29. The molecule has 1 aliphatic heterocycles. The van der Waals surface area contributed by atoms with Crippen LogP contribution in [-0.2, 0) is 11.3 Å². The van der Waals surface area contributed by atoms with Crippen LogP contribution < -0.4 is 5.32 Å². The van der Waals surface area contributed by atoms with Crippen molar-refractivity contribution in [3.05, 3.63) is 72.3 Å². The smallest absolute Gasteiger partial charge is 0.248 e. The van der Waals surface area contributed by atoms with Crippen LogP contribution in [-0.4, -0.2) is 64.1 Å². The monoisotopic (exact) mass is 402 g/mol. The molecular formula is C23H26N6O. The summed E-state index contributed by atoms with van der Waals surface area (Å²) in [5, 5.41) is 9.76. The predicted octanol–water partition coefficient (Wildman–Crippen LogP) is 2.87. The molecule has 0 bridgehead atoms. The van der Waals surface area contributed by atoms with Gasteiger partial charge in [0.2, 0.25) is 5.91 Å². The zero-order valence-corrected chi connectivity index (χ0v) is 17.1. The molecule has 7 heteroatoms. The Balaban J connectivity index is 1.39. The fourth-order valence-electron chi connectivity index (χ4n) is 3.56. The number of anilines is 1. The number of likely N-dealkylation sites (N-methyl/N-ethyl adjacent to an activating group) is 1. The minimum Gasteiger partial charge on any atom is -0.323 e. The molecule has 1 fully saturated rings. The lowest BCUT2D eigenvalue weighted by atomic mass is 10.0. The standard InChI is InChI=1S/C23H26N6O/c1-28-9-11-29(12-10-28)17-18-3-2-4-21(13-18)27-23(30)6-5-19-14-24-8-7-22(19)20-15-25-26-16-20/h2-8,13-16H,9-12,17H2,1H3,(H,25,26)(H,27,30)/b6-5+. The number of aromatic amines is 1. The summed E-state index contributed by atoms with van der Waals surface area (Å²) in [5.74, 6) is -0.172. The quantitative estimate of drug-likeness (QED) is 0.620. The van der Waals surface area contributed by atoms with Crippen LogP contribution in [0.3, 0.4) is 0 Å². The number of carbonyl (C=O) groups is 1. The molecule has 0 unspecified atom stereocenters. The van der Waals surface area contributed by atoms with Crippen LogP contribution in [0, 0.1) is 0 Å². The molecule has 1 amide bonds. The number of hydrogen-bond acceptors (Lipinski definition) is 5. The Hall–Kier alpha value is -3.29. The summed E-state index contributed by atoms with van der Waals surface area (Å²) in [6, 6.07) is 9.97. The van der Waals surface area contributed by atoms with Crippen molar-refractivity contribution in [3.8, 4) is 11.1 Å². The number of nitrogens with zero attached hydrogens (tertiary/aromatic N) is 4. The van der Waals surface area contributed by atoms with Gasteiger partial charge >= 0.3 is 0 Å². The highest BCUT2D eigenvalue weighted by molar-refractivity contribution is 6.02. The zero-order chi connectivity index (χ0) is 20.8. The molecule has 1 aromatic carbocycles. The summed E-state index contributed by atoms with van der Waals surface area (Å²) >= 11 is 0. The SMILES string of the molecule is CN1CCN(Cc2cccc(NC(=O)/C=C/c3cnccc3-c3cn[nH]c3)c2)CC1. The van der Waals surface area contributed by atoms with Gasteiger partial charge in [0, 0.05) is 74.2 Å². The van der Waals surface area contributed by atoms with Crippen molar-refractivity contribution in [2.24, 2.45) is 0 Å². The minimum absolute atomic E-state index is 0.172. The summed E-state index contributed by atoms with van der Waals surface area (Å²) in [4.78, 5) is 21.4. The Morgan fingerprint density at radius 2 is 2.07 bits per heavy atom. The number of rotatable bonds is 6. The normalized spacial score (nSPS) is 15.5. The number of carbonyl (C=O) groups excluding carboxylic acids is 1. The van der Waals surface area contributed by atoms with E-state index in [9.17, 15) is 4.79 Å². The fraction of sp³-hybridized carbons (Fsp3) is 0.261. The van der Waals surface area contributed by atoms with E-state index in [1.165, 1.54) is 11.6 Å². The lowest BCUT2D eigenvalue weighted by Gasteiger charge is -2.32. The molecule has 2 N–H and O–H groups in total. The number of benzene rings is 1. The van der Waals surface area contributed by atoms with Gasteiger partial charge in [0.05, 0.1) is 6.20 Å². The van der Waals surface area contributed by atoms with Gasteiger partial charge in [-0.2, -0.15) is 5.10 Å². The van der Waals surface area contributed by atoms with E-state index in [1.54, 1.807) is 24.7 Å². The lowest BCUT2D eigenvalue weighted by Crippen LogP contribution is -2.43. The molecule has 0 aliphatic carbocycles. The molecule has 30 heavy (non-hydrogen) atoms. The van der Waals surface area contributed by atoms with Crippen LogP contribution in [0.25, 0.3) is 17.2 Å². The summed E-state index contributed by atoms with van der Waals surface area (Å²) in [7, 11) is 2.16. The number of pyridine rings is 1. The Kier molecular flexibility index (Phi) is 6.32. The molecule has 7 nitrogen and oxygen atoms in total. The minimum atomic E-state index is -0.172. The van der Waals surface area contributed by atoms with Gasteiger partial charge in [0.25, 0.3) is 0 Å². The van der Waals surface area contributed by atoms with E-state index in [1.807, 2.05) is 30.5 Å². The van der Waals surface area contributed by atoms with Crippen LogP contribution in [0.2, 0.25) is 0 Å². The lowest BCUT2D eigenvalue weighted by molar-refractivity contribution is -0.111. The van der Waals surface area contributed by atoms with Crippen LogP contribution in [0.4, 0.5) is 5.69 Å². The first-order chi connectivity index (χ1) is 14.7.